The Kier molecular flexibility index (Phi) is 4.92. The summed E-state index contributed by atoms with van der Waals surface area (Å²) < 4.78 is 17.2. The van der Waals surface area contributed by atoms with Crippen molar-refractivity contribution in [2.75, 3.05) is 24.5 Å². The van der Waals surface area contributed by atoms with Crippen molar-refractivity contribution >= 4 is 22.6 Å². The van der Waals surface area contributed by atoms with Crippen molar-refractivity contribution in [2.24, 2.45) is 5.92 Å². The first-order valence-corrected chi connectivity index (χ1v) is 11.1. The molecule has 2 aliphatic heterocycles. The number of pyridine rings is 1. The minimum atomic E-state index is -1.35. The molecule has 5 rings (SSSR count). The number of carbonyl (C=O) groups is 1. The number of rotatable bonds is 4. The second kappa shape index (κ2) is 7.66. The number of halogens is 1. The van der Waals surface area contributed by atoms with Crippen LogP contribution in [0.4, 0.5) is 10.1 Å². The van der Waals surface area contributed by atoms with Crippen LogP contribution in [0.15, 0.2) is 29.3 Å². The maximum absolute atomic E-state index is 15.5. The molecule has 32 heavy (non-hydrogen) atoms. The van der Waals surface area contributed by atoms with Crippen molar-refractivity contribution in [3.8, 4) is 6.07 Å². The third kappa shape index (κ3) is 3.15. The lowest BCUT2D eigenvalue weighted by Crippen LogP contribution is -2.41. The molecule has 1 saturated carbocycles. The average Bonchev–Trinajstić information content (AvgIpc) is 3.52. The highest BCUT2D eigenvalue weighted by molar-refractivity contribution is 5.96. The average molecular weight is 436 g/mol. The molecule has 2 saturated heterocycles. The van der Waals surface area contributed by atoms with Crippen LogP contribution in [0.2, 0.25) is 0 Å². The maximum atomic E-state index is 15.5. The second-order valence-corrected chi connectivity index (χ2v) is 9.00. The van der Waals surface area contributed by atoms with Crippen molar-refractivity contribution in [3.05, 3.63) is 51.7 Å². The molecule has 8 heteroatoms. The van der Waals surface area contributed by atoms with Gasteiger partial charge in [0.2, 0.25) is 5.43 Å². The molecule has 1 aromatic heterocycles. The Balaban J connectivity index is 1.68. The molecule has 2 atom stereocenters. The fourth-order valence-electron chi connectivity index (χ4n) is 5.46. The Hall–Kier alpha value is -3.34. The number of nitrogens with zero attached hydrogens (tertiary/aromatic N) is 4. The predicted octanol–water partition coefficient (Wildman–Crippen LogP) is 3.48. The quantitative estimate of drug-likeness (QED) is 0.789. The number of nitriles is 1. The molecule has 3 fully saturated rings. The Labute approximate surface area is 185 Å². The van der Waals surface area contributed by atoms with Crippen molar-refractivity contribution in [1.82, 2.24) is 9.47 Å². The van der Waals surface area contributed by atoms with Gasteiger partial charge in [-0.3, -0.25) is 4.79 Å². The highest BCUT2D eigenvalue weighted by atomic mass is 19.1. The van der Waals surface area contributed by atoms with Gasteiger partial charge < -0.3 is 19.5 Å². The molecule has 0 spiro atoms. The highest BCUT2D eigenvalue weighted by Crippen LogP contribution is 2.42. The molecule has 166 valence electrons. The molecule has 0 radical (unpaired) electrons. The normalized spacial score (nSPS) is 23.0. The molecule has 1 aromatic carbocycles. The number of allylic oxidation sites excluding steroid dienone is 1. The number of anilines is 1. The lowest BCUT2D eigenvalue weighted by molar-refractivity contribution is 0.0695. The van der Waals surface area contributed by atoms with Crippen LogP contribution in [0.1, 0.15) is 54.6 Å². The standard InChI is InChI=1S/C24H25FN4O3/c1-2-7-27-8-3-4-14-11-28(13-20(14)27)22-17(10-26)21-16(9-19(22)25)23(30)18(24(31)32)12-29(21)15-5-6-15/h2,7,9,12,14-15,20H,3-6,8,11,13H2,1H3,(H,31,32)/b7-2+. The van der Waals surface area contributed by atoms with E-state index >= 15 is 4.39 Å². The molecular formula is C24H25FN4O3. The number of carboxylic acids is 1. The van der Waals surface area contributed by atoms with E-state index < -0.39 is 22.8 Å². The first kappa shape index (κ1) is 20.6. The first-order chi connectivity index (χ1) is 15.4. The van der Waals surface area contributed by atoms with Gasteiger partial charge in [-0.2, -0.15) is 5.26 Å². The van der Waals surface area contributed by atoms with Crippen molar-refractivity contribution < 1.29 is 14.3 Å². The third-order valence-corrected chi connectivity index (χ3v) is 7.00. The van der Waals surface area contributed by atoms with Crippen molar-refractivity contribution in [3.63, 3.8) is 0 Å². The molecular weight excluding hydrogens is 411 g/mol. The van der Waals surface area contributed by atoms with Crippen LogP contribution >= 0.6 is 0 Å². The molecule has 7 nitrogen and oxygen atoms in total. The molecule has 0 bridgehead atoms. The zero-order chi connectivity index (χ0) is 22.6. The van der Waals surface area contributed by atoms with E-state index in [1.807, 2.05) is 17.9 Å². The maximum Gasteiger partial charge on any atom is 0.341 e. The fraction of sp³-hybridized carbons (Fsp3) is 0.458. The van der Waals surface area contributed by atoms with E-state index in [4.69, 9.17) is 0 Å². The van der Waals surface area contributed by atoms with Crippen molar-refractivity contribution in [2.45, 2.75) is 44.7 Å². The summed E-state index contributed by atoms with van der Waals surface area (Å²) in [6.45, 7) is 4.20. The van der Waals surface area contributed by atoms with Crippen LogP contribution < -0.4 is 10.3 Å². The summed E-state index contributed by atoms with van der Waals surface area (Å²) in [4.78, 5) is 28.7. The number of aromatic carboxylic acids is 1. The van der Waals surface area contributed by atoms with Gasteiger partial charge in [-0.25, -0.2) is 9.18 Å². The monoisotopic (exact) mass is 436 g/mol. The van der Waals surface area contributed by atoms with Gasteiger partial charge >= 0.3 is 5.97 Å². The number of hydrogen-bond donors (Lipinski definition) is 1. The SMILES string of the molecule is C/C=C/N1CCCC2CN(c3c(F)cc4c(=O)c(C(=O)O)cn(C5CC5)c4c3C#N)CC21. The summed E-state index contributed by atoms with van der Waals surface area (Å²) in [5, 5.41) is 19.5. The molecule has 0 amide bonds. The topological polar surface area (TPSA) is 89.6 Å². The van der Waals surface area contributed by atoms with E-state index in [1.165, 1.54) is 6.20 Å². The second-order valence-electron chi connectivity index (χ2n) is 9.00. The van der Waals surface area contributed by atoms with E-state index in [0.717, 1.165) is 38.3 Å². The summed E-state index contributed by atoms with van der Waals surface area (Å²) in [6.07, 6.45) is 9.22. The zero-order valence-corrected chi connectivity index (χ0v) is 17.9. The summed E-state index contributed by atoms with van der Waals surface area (Å²) in [5.41, 5.74) is -0.444. The van der Waals surface area contributed by atoms with Gasteiger partial charge in [0.15, 0.2) is 0 Å². The van der Waals surface area contributed by atoms with Crippen LogP contribution in [0.5, 0.6) is 0 Å². The summed E-state index contributed by atoms with van der Waals surface area (Å²) >= 11 is 0. The van der Waals surface area contributed by atoms with E-state index in [-0.39, 0.29) is 28.7 Å². The van der Waals surface area contributed by atoms with Crippen LogP contribution in [0.25, 0.3) is 10.9 Å². The highest BCUT2D eigenvalue weighted by Gasteiger charge is 2.40. The van der Waals surface area contributed by atoms with Crippen LogP contribution in [0.3, 0.4) is 0 Å². The number of carboxylic acid groups (broad SMARTS) is 1. The lowest BCUT2D eigenvalue weighted by atomic mass is 9.92. The molecule has 2 unspecified atom stereocenters. The van der Waals surface area contributed by atoms with Gasteiger partial charge in [0.25, 0.3) is 0 Å². The zero-order valence-electron chi connectivity index (χ0n) is 17.9. The van der Waals surface area contributed by atoms with Crippen LogP contribution in [-0.4, -0.2) is 46.2 Å². The number of hydrogen-bond acceptors (Lipinski definition) is 5. The van der Waals surface area contributed by atoms with Gasteiger partial charge in [0.1, 0.15) is 23.0 Å². The number of likely N-dealkylation sites (tertiary alicyclic amines) is 1. The van der Waals surface area contributed by atoms with E-state index in [1.54, 1.807) is 4.57 Å². The van der Waals surface area contributed by atoms with E-state index in [2.05, 4.69) is 17.2 Å². The molecule has 3 aliphatic rings. The summed E-state index contributed by atoms with van der Waals surface area (Å²) in [7, 11) is 0. The lowest BCUT2D eigenvalue weighted by Gasteiger charge is -2.36. The van der Waals surface area contributed by atoms with Gasteiger partial charge in [-0.15, -0.1) is 0 Å². The Bertz CT molecular complexity index is 1240. The predicted molar refractivity (Wildman–Crippen MR) is 118 cm³/mol. The minimum Gasteiger partial charge on any atom is -0.477 e. The smallest absolute Gasteiger partial charge is 0.341 e. The Morgan fingerprint density at radius 3 is 2.75 bits per heavy atom. The Morgan fingerprint density at radius 2 is 2.09 bits per heavy atom. The van der Waals surface area contributed by atoms with Gasteiger partial charge in [-0.1, -0.05) is 6.08 Å². The molecule has 2 aromatic rings. The third-order valence-electron chi connectivity index (χ3n) is 7.00. The van der Waals surface area contributed by atoms with Crippen molar-refractivity contribution in [1.29, 1.82) is 5.26 Å². The van der Waals surface area contributed by atoms with Gasteiger partial charge in [0.05, 0.1) is 22.6 Å². The minimum absolute atomic E-state index is 0.0213. The molecule has 1 aliphatic carbocycles. The number of fused-ring (bicyclic) bond motifs is 2. The Morgan fingerprint density at radius 1 is 1.31 bits per heavy atom. The number of aromatic nitrogens is 1. The van der Waals surface area contributed by atoms with E-state index in [9.17, 15) is 20.0 Å². The first-order valence-electron chi connectivity index (χ1n) is 11.1. The van der Waals surface area contributed by atoms with E-state index in [0.29, 0.717) is 24.5 Å². The number of benzene rings is 1. The number of piperidine rings is 1. The molecule has 1 N–H and O–H groups in total. The summed E-state index contributed by atoms with van der Waals surface area (Å²) in [5.74, 6) is -1.61. The largest absolute Gasteiger partial charge is 0.477 e. The fourth-order valence-corrected chi connectivity index (χ4v) is 5.46. The molecule has 3 heterocycles. The van der Waals surface area contributed by atoms with Gasteiger partial charge in [0, 0.05) is 31.9 Å². The summed E-state index contributed by atoms with van der Waals surface area (Å²) in [6, 6.07) is 3.56. The van der Waals surface area contributed by atoms with Crippen LogP contribution in [0, 0.1) is 23.1 Å². The van der Waals surface area contributed by atoms with Gasteiger partial charge in [-0.05, 0) is 50.8 Å². The van der Waals surface area contributed by atoms with Crippen LogP contribution in [-0.2, 0) is 0 Å².